The van der Waals surface area contributed by atoms with Gasteiger partial charge < -0.3 is 35.5 Å². The number of carbonyl (C=O) groups excluding carboxylic acids is 1. The Morgan fingerprint density at radius 2 is 1.88 bits per heavy atom. The van der Waals surface area contributed by atoms with Crippen LogP contribution in [0.25, 0.3) is 10.9 Å². The molecule has 0 radical (unpaired) electrons. The second-order valence-electron chi connectivity index (χ2n) is 8.04. The predicted octanol–water partition coefficient (Wildman–Crippen LogP) is 4.79. The molecule has 1 aromatic heterocycles. The molecule has 4 aromatic rings. The Morgan fingerprint density at radius 1 is 1.03 bits per heavy atom. The zero-order valence-electron chi connectivity index (χ0n) is 17.7. The fourth-order valence-electron chi connectivity index (χ4n) is 4.19. The quantitative estimate of drug-likeness (QED) is 0.317. The van der Waals surface area contributed by atoms with Crippen molar-refractivity contribution in [3.8, 4) is 5.75 Å². The molecular weight excluding hydrogens is 436 g/mol. The molecule has 0 spiro atoms. The first-order valence-corrected chi connectivity index (χ1v) is 10.6. The minimum absolute atomic E-state index is 0.0554. The SMILES string of the molecule is O=C1C2=C(Nc3cc(N([O-])O)ccc3N2)OC1c1c[nH]c2ccc(COc3ccccc3)cc12. The predicted molar refractivity (Wildman–Crippen MR) is 126 cm³/mol. The number of rotatable bonds is 5. The zero-order chi connectivity index (χ0) is 23.2. The van der Waals surface area contributed by atoms with Crippen LogP contribution in [0.5, 0.6) is 5.75 Å². The highest BCUT2D eigenvalue weighted by atomic mass is 16.8. The second-order valence-corrected chi connectivity index (χ2v) is 8.04. The number of ether oxygens (including phenoxy) is 2. The van der Waals surface area contributed by atoms with Crippen LogP contribution in [0.2, 0.25) is 0 Å². The van der Waals surface area contributed by atoms with Crippen molar-refractivity contribution >= 4 is 33.7 Å². The maximum absolute atomic E-state index is 13.2. The summed E-state index contributed by atoms with van der Waals surface area (Å²) in [7, 11) is 0. The van der Waals surface area contributed by atoms with Crippen LogP contribution in [0.4, 0.5) is 17.1 Å². The van der Waals surface area contributed by atoms with Crippen molar-refractivity contribution in [3.05, 3.63) is 101 Å². The number of hydrogen-bond donors (Lipinski definition) is 4. The fourth-order valence-corrected chi connectivity index (χ4v) is 4.19. The van der Waals surface area contributed by atoms with Gasteiger partial charge in [-0.15, -0.1) is 0 Å². The smallest absolute Gasteiger partial charge is 0.229 e. The number of nitrogens with one attached hydrogen (secondary N) is 3. The molecule has 1 atom stereocenters. The summed E-state index contributed by atoms with van der Waals surface area (Å²) < 4.78 is 11.9. The van der Waals surface area contributed by atoms with Crippen LogP contribution in [0, 0.1) is 5.21 Å². The molecular formula is C25H19N4O5-. The number of para-hydroxylation sites is 1. The molecule has 170 valence electrons. The Balaban J connectivity index is 1.25. The van der Waals surface area contributed by atoms with Gasteiger partial charge in [-0.3, -0.25) is 10.0 Å². The first-order chi connectivity index (χ1) is 16.6. The molecule has 9 heteroatoms. The lowest BCUT2D eigenvalue weighted by molar-refractivity contribution is -0.121. The van der Waals surface area contributed by atoms with Crippen molar-refractivity contribution in [1.29, 1.82) is 0 Å². The van der Waals surface area contributed by atoms with Crippen molar-refractivity contribution < 1.29 is 19.5 Å². The van der Waals surface area contributed by atoms with Gasteiger partial charge in [0, 0.05) is 22.7 Å². The number of ketones is 1. The standard InChI is InChI=1S/C25H19N4O5/c30-23-22-25(28-21-11-15(29(31)32)7-9-20(21)27-22)34-24(23)18-12-26-19-8-6-14(10-17(18)19)13-33-16-4-2-1-3-5-16/h1-12,24,26-28,31H,13H2/q-1. The van der Waals surface area contributed by atoms with Crippen LogP contribution in [0.15, 0.2) is 84.5 Å². The number of fused-ring (bicyclic) bond motifs is 2. The molecule has 0 saturated carbocycles. The molecule has 0 saturated heterocycles. The first kappa shape index (κ1) is 20.2. The van der Waals surface area contributed by atoms with Crippen LogP contribution in [-0.2, 0) is 16.1 Å². The number of benzene rings is 3. The maximum atomic E-state index is 13.2. The molecule has 0 bridgehead atoms. The van der Waals surface area contributed by atoms with E-state index in [1.54, 1.807) is 12.3 Å². The van der Waals surface area contributed by atoms with Crippen molar-refractivity contribution in [3.63, 3.8) is 0 Å². The molecule has 2 aliphatic rings. The van der Waals surface area contributed by atoms with Crippen LogP contribution >= 0.6 is 0 Å². The van der Waals surface area contributed by atoms with Gasteiger partial charge >= 0.3 is 0 Å². The van der Waals surface area contributed by atoms with Gasteiger partial charge in [0.25, 0.3) is 0 Å². The summed E-state index contributed by atoms with van der Waals surface area (Å²) in [5.74, 6) is 0.842. The normalized spacial score (nSPS) is 16.4. The number of anilines is 3. The van der Waals surface area contributed by atoms with E-state index in [2.05, 4.69) is 15.6 Å². The summed E-state index contributed by atoms with van der Waals surface area (Å²) in [4.78, 5) is 16.4. The highest BCUT2D eigenvalue weighted by molar-refractivity contribution is 6.08. The van der Waals surface area contributed by atoms with Gasteiger partial charge in [0.05, 0.1) is 17.1 Å². The Kier molecular flexibility index (Phi) is 4.65. The van der Waals surface area contributed by atoms with Crippen molar-refractivity contribution in [2.75, 3.05) is 15.9 Å². The van der Waals surface area contributed by atoms with Gasteiger partial charge in [0.2, 0.25) is 11.7 Å². The van der Waals surface area contributed by atoms with Crippen LogP contribution in [0.1, 0.15) is 17.2 Å². The van der Waals surface area contributed by atoms with E-state index in [1.165, 1.54) is 12.1 Å². The van der Waals surface area contributed by atoms with Gasteiger partial charge in [-0.25, -0.2) is 0 Å². The average molecular weight is 455 g/mol. The number of H-pyrrole nitrogens is 1. The lowest BCUT2D eigenvalue weighted by Crippen LogP contribution is -2.18. The number of aromatic amines is 1. The van der Waals surface area contributed by atoms with Crippen molar-refractivity contribution in [2.45, 2.75) is 12.7 Å². The molecule has 34 heavy (non-hydrogen) atoms. The molecule has 0 fully saturated rings. The topological polar surface area (TPSA) is 122 Å². The van der Waals surface area contributed by atoms with Gasteiger partial charge in [0.1, 0.15) is 18.1 Å². The van der Waals surface area contributed by atoms with E-state index in [1.807, 2.05) is 48.5 Å². The third kappa shape index (κ3) is 3.40. The number of hydrogen-bond acceptors (Lipinski definition) is 8. The number of carbonyl (C=O) groups is 1. The molecule has 2 aliphatic heterocycles. The van der Waals surface area contributed by atoms with E-state index in [4.69, 9.17) is 14.7 Å². The third-order valence-corrected chi connectivity index (χ3v) is 5.89. The average Bonchev–Trinajstić information content (AvgIpc) is 3.41. The number of aromatic nitrogens is 1. The highest BCUT2D eigenvalue weighted by Crippen LogP contribution is 2.42. The Morgan fingerprint density at radius 3 is 2.71 bits per heavy atom. The minimum Gasteiger partial charge on any atom is -0.733 e. The molecule has 6 rings (SSSR count). The third-order valence-electron chi connectivity index (χ3n) is 5.89. The molecule has 3 heterocycles. The fraction of sp³-hybridized carbons (Fsp3) is 0.0800. The van der Waals surface area contributed by atoms with Crippen molar-refractivity contribution in [2.24, 2.45) is 0 Å². The van der Waals surface area contributed by atoms with Crippen LogP contribution in [0.3, 0.4) is 0 Å². The molecule has 1 unspecified atom stereocenters. The Hall–Kier alpha value is -4.47. The van der Waals surface area contributed by atoms with E-state index in [9.17, 15) is 10.0 Å². The highest BCUT2D eigenvalue weighted by Gasteiger charge is 2.40. The molecule has 0 amide bonds. The summed E-state index contributed by atoms with van der Waals surface area (Å²) in [6.45, 7) is 0.390. The van der Waals surface area contributed by atoms with Gasteiger partial charge in [-0.1, -0.05) is 24.3 Å². The summed E-state index contributed by atoms with van der Waals surface area (Å²) in [6, 6.07) is 20.0. The Labute approximate surface area is 193 Å². The maximum Gasteiger partial charge on any atom is 0.229 e. The van der Waals surface area contributed by atoms with Gasteiger partial charge in [-0.05, 0) is 48.0 Å². The first-order valence-electron chi connectivity index (χ1n) is 10.6. The summed E-state index contributed by atoms with van der Waals surface area (Å²) in [5, 5.41) is 27.1. The monoisotopic (exact) mass is 455 g/mol. The van der Waals surface area contributed by atoms with Crippen molar-refractivity contribution in [1.82, 2.24) is 4.98 Å². The summed E-state index contributed by atoms with van der Waals surface area (Å²) in [6.07, 6.45) is 0.937. The van der Waals surface area contributed by atoms with E-state index in [0.717, 1.165) is 22.2 Å². The summed E-state index contributed by atoms with van der Waals surface area (Å²) in [5.41, 5.74) is 4.03. The van der Waals surface area contributed by atoms with E-state index < -0.39 is 6.10 Å². The number of Topliss-reactive ketones (excluding diaryl/α,β-unsaturated/α-hetero) is 1. The summed E-state index contributed by atoms with van der Waals surface area (Å²) >= 11 is 0. The number of nitrogens with zero attached hydrogens (tertiary/aromatic N) is 1. The molecule has 9 nitrogen and oxygen atoms in total. The van der Waals surface area contributed by atoms with Gasteiger partial charge in [-0.2, -0.15) is 0 Å². The van der Waals surface area contributed by atoms with Crippen LogP contribution < -0.4 is 20.6 Å². The molecule has 3 aromatic carbocycles. The zero-order valence-corrected chi connectivity index (χ0v) is 17.7. The van der Waals surface area contributed by atoms with Gasteiger partial charge in [0.15, 0.2) is 6.10 Å². The van der Waals surface area contributed by atoms with Crippen LogP contribution in [-0.4, -0.2) is 16.0 Å². The molecule has 4 N–H and O–H groups in total. The lowest BCUT2D eigenvalue weighted by Gasteiger charge is -2.25. The van der Waals surface area contributed by atoms with E-state index >= 15 is 0 Å². The largest absolute Gasteiger partial charge is 0.733 e. The van der Waals surface area contributed by atoms with E-state index in [0.29, 0.717) is 29.2 Å². The van der Waals surface area contributed by atoms with E-state index in [-0.39, 0.29) is 22.6 Å². The molecule has 0 aliphatic carbocycles. The minimum atomic E-state index is -0.841. The second kappa shape index (κ2) is 7.84. The Bertz CT molecular complexity index is 1440. The lowest BCUT2D eigenvalue weighted by atomic mass is 10.0.